The molecule has 0 aliphatic carbocycles. The first-order valence-electron chi connectivity index (χ1n) is 6.56. The fourth-order valence-corrected chi connectivity index (χ4v) is 3.04. The summed E-state index contributed by atoms with van der Waals surface area (Å²) in [6.45, 7) is 5.88. The van der Waals surface area contributed by atoms with Crippen LogP contribution in [0.25, 0.3) is 10.6 Å². The maximum absolute atomic E-state index is 12.2. The highest BCUT2D eigenvalue weighted by Gasteiger charge is 2.18. The van der Waals surface area contributed by atoms with Crippen LogP contribution < -0.4 is 5.32 Å². The number of nitrogens with one attached hydrogen (secondary N) is 1. The van der Waals surface area contributed by atoms with Crippen molar-refractivity contribution in [3.05, 3.63) is 39.9 Å². The summed E-state index contributed by atoms with van der Waals surface area (Å²) in [4.78, 5) is 17.3. The molecule has 1 unspecified atom stereocenters. The first kappa shape index (κ1) is 15.0. The molecule has 0 aliphatic heterocycles. The van der Waals surface area contributed by atoms with Crippen molar-refractivity contribution in [2.45, 2.75) is 33.2 Å². The number of benzene rings is 1. The smallest absolute Gasteiger partial charge is 0.263 e. The summed E-state index contributed by atoms with van der Waals surface area (Å²) in [6, 6.07) is 7.69. The van der Waals surface area contributed by atoms with Gasteiger partial charge in [-0.25, -0.2) is 4.98 Å². The number of aryl methyl sites for hydroxylation is 1. The van der Waals surface area contributed by atoms with Crippen molar-refractivity contribution in [1.82, 2.24) is 10.3 Å². The highest BCUT2D eigenvalue weighted by molar-refractivity contribution is 7.17. The summed E-state index contributed by atoms with van der Waals surface area (Å²) in [5, 5.41) is 4.39. The van der Waals surface area contributed by atoms with Crippen molar-refractivity contribution in [2.24, 2.45) is 0 Å². The van der Waals surface area contributed by atoms with E-state index in [0.717, 1.165) is 22.7 Å². The molecule has 2 aromatic rings. The Kier molecular flexibility index (Phi) is 4.78. The van der Waals surface area contributed by atoms with Crippen LogP contribution >= 0.6 is 22.9 Å². The van der Waals surface area contributed by atoms with Crippen LogP contribution in [0.3, 0.4) is 0 Å². The highest BCUT2D eigenvalue weighted by atomic mass is 35.5. The van der Waals surface area contributed by atoms with E-state index < -0.39 is 0 Å². The number of thiazole rings is 1. The van der Waals surface area contributed by atoms with Gasteiger partial charge in [0.2, 0.25) is 0 Å². The Balaban J connectivity index is 2.31. The molecule has 2 rings (SSSR count). The Morgan fingerprint density at radius 2 is 2.15 bits per heavy atom. The summed E-state index contributed by atoms with van der Waals surface area (Å²) in [5.74, 6) is -0.0624. The molecule has 5 heteroatoms. The lowest BCUT2D eigenvalue weighted by Gasteiger charge is -2.10. The molecule has 1 N–H and O–H groups in total. The molecule has 1 atom stereocenters. The molecule has 0 fully saturated rings. The van der Waals surface area contributed by atoms with Crippen LogP contribution in [0.15, 0.2) is 24.3 Å². The second kappa shape index (κ2) is 6.37. The lowest BCUT2D eigenvalue weighted by atomic mass is 10.2. The minimum absolute atomic E-state index is 0.0624. The topological polar surface area (TPSA) is 42.0 Å². The second-order valence-electron chi connectivity index (χ2n) is 4.70. The van der Waals surface area contributed by atoms with Crippen molar-refractivity contribution >= 4 is 28.8 Å². The molecule has 20 heavy (non-hydrogen) atoms. The third kappa shape index (κ3) is 3.19. The Morgan fingerprint density at radius 3 is 2.80 bits per heavy atom. The van der Waals surface area contributed by atoms with Gasteiger partial charge in [0, 0.05) is 11.6 Å². The lowest BCUT2D eigenvalue weighted by Crippen LogP contribution is -2.31. The average Bonchev–Trinajstić information content (AvgIpc) is 2.81. The van der Waals surface area contributed by atoms with Crippen LogP contribution in [-0.2, 0) is 0 Å². The van der Waals surface area contributed by atoms with Gasteiger partial charge >= 0.3 is 0 Å². The molecule has 0 bridgehead atoms. The van der Waals surface area contributed by atoms with Crippen molar-refractivity contribution in [3.63, 3.8) is 0 Å². The van der Waals surface area contributed by atoms with E-state index >= 15 is 0 Å². The van der Waals surface area contributed by atoms with E-state index in [1.54, 1.807) is 0 Å². The van der Waals surface area contributed by atoms with Gasteiger partial charge in [0.1, 0.15) is 9.88 Å². The molecule has 0 aliphatic rings. The van der Waals surface area contributed by atoms with Crippen molar-refractivity contribution in [3.8, 4) is 10.6 Å². The molecule has 0 saturated carbocycles. The number of halogens is 1. The van der Waals surface area contributed by atoms with Crippen LogP contribution in [0.1, 0.15) is 35.6 Å². The second-order valence-corrected chi connectivity index (χ2v) is 6.10. The number of rotatable bonds is 4. The summed E-state index contributed by atoms with van der Waals surface area (Å²) >= 11 is 7.55. The van der Waals surface area contributed by atoms with E-state index in [4.69, 9.17) is 11.6 Å². The molecule has 106 valence electrons. The van der Waals surface area contributed by atoms with Gasteiger partial charge in [-0.05, 0) is 26.3 Å². The number of amides is 1. The predicted molar refractivity (Wildman–Crippen MR) is 84.5 cm³/mol. The van der Waals surface area contributed by atoms with Crippen LogP contribution in [-0.4, -0.2) is 16.9 Å². The van der Waals surface area contributed by atoms with Crippen molar-refractivity contribution < 1.29 is 4.79 Å². The maximum Gasteiger partial charge on any atom is 0.263 e. The first-order chi connectivity index (χ1) is 9.52. The SMILES string of the molecule is CCC(C)NC(=O)c1sc(-c2ccccc2Cl)nc1C. The largest absolute Gasteiger partial charge is 0.349 e. The van der Waals surface area contributed by atoms with Crippen LogP contribution in [0, 0.1) is 6.92 Å². The zero-order chi connectivity index (χ0) is 14.7. The summed E-state index contributed by atoms with van der Waals surface area (Å²) in [6.07, 6.45) is 0.904. The molecular weight excluding hydrogens is 292 g/mol. The highest BCUT2D eigenvalue weighted by Crippen LogP contribution is 2.32. The van der Waals surface area contributed by atoms with Gasteiger partial charge in [0.15, 0.2) is 0 Å². The molecule has 1 amide bonds. The lowest BCUT2D eigenvalue weighted by molar-refractivity contribution is 0.0942. The minimum atomic E-state index is -0.0624. The fraction of sp³-hybridized carbons (Fsp3) is 0.333. The average molecular weight is 309 g/mol. The number of carbonyl (C=O) groups is 1. The van der Waals surface area contributed by atoms with Crippen LogP contribution in [0.5, 0.6) is 0 Å². The molecule has 3 nitrogen and oxygen atoms in total. The number of carbonyl (C=O) groups excluding carboxylic acids is 1. The number of aromatic nitrogens is 1. The standard InChI is InChI=1S/C15H17ClN2OS/c1-4-9(2)17-14(19)13-10(3)18-15(20-13)11-7-5-6-8-12(11)16/h5-9H,4H2,1-3H3,(H,17,19). The Morgan fingerprint density at radius 1 is 1.45 bits per heavy atom. The Hall–Kier alpha value is -1.39. The summed E-state index contributed by atoms with van der Waals surface area (Å²) < 4.78 is 0. The van der Waals surface area contributed by atoms with Gasteiger partial charge in [0.05, 0.1) is 10.7 Å². The quantitative estimate of drug-likeness (QED) is 0.915. The first-order valence-corrected chi connectivity index (χ1v) is 7.75. The third-order valence-corrected chi connectivity index (χ3v) is 4.62. The van der Waals surface area contributed by atoms with Gasteiger partial charge in [-0.1, -0.05) is 36.7 Å². The normalized spacial score (nSPS) is 12.2. The monoisotopic (exact) mass is 308 g/mol. The molecular formula is C15H17ClN2OS. The summed E-state index contributed by atoms with van der Waals surface area (Å²) in [7, 11) is 0. The van der Waals surface area contributed by atoms with Crippen LogP contribution in [0.2, 0.25) is 5.02 Å². The van der Waals surface area contributed by atoms with E-state index in [2.05, 4.69) is 10.3 Å². The van der Waals surface area contributed by atoms with Gasteiger partial charge in [-0.2, -0.15) is 0 Å². The molecule has 1 aromatic carbocycles. The van der Waals surface area contributed by atoms with E-state index in [1.807, 2.05) is 45.0 Å². The molecule has 1 heterocycles. The third-order valence-electron chi connectivity index (χ3n) is 3.10. The number of hydrogen-bond acceptors (Lipinski definition) is 3. The molecule has 1 aromatic heterocycles. The van der Waals surface area contributed by atoms with E-state index in [-0.39, 0.29) is 11.9 Å². The number of hydrogen-bond donors (Lipinski definition) is 1. The van der Waals surface area contributed by atoms with E-state index in [9.17, 15) is 4.79 Å². The zero-order valence-electron chi connectivity index (χ0n) is 11.7. The molecule has 0 saturated heterocycles. The minimum Gasteiger partial charge on any atom is -0.349 e. The molecule has 0 radical (unpaired) electrons. The van der Waals surface area contributed by atoms with E-state index in [1.165, 1.54) is 11.3 Å². The molecule has 0 spiro atoms. The van der Waals surface area contributed by atoms with E-state index in [0.29, 0.717) is 9.90 Å². The van der Waals surface area contributed by atoms with Gasteiger partial charge in [0.25, 0.3) is 5.91 Å². The Bertz CT molecular complexity index is 624. The summed E-state index contributed by atoms with van der Waals surface area (Å²) in [5.41, 5.74) is 1.61. The maximum atomic E-state index is 12.2. The number of nitrogens with zero attached hydrogens (tertiary/aromatic N) is 1. The van der Waals surface area contributed by atoms with Crippen molar-refractivity contribution in [2.75, 3.05) is 0 Å². The van der Waals surface area contributed by atoms with Gasteiger partial charge in [-0.15, -0.1) is 11.3 Å². The predicted octanol–water partition coefficient (Wildman–Crippen LogP) is 4.30. The van der Waals surface area contributed by atoms with Gasteiger partial charge in [-0.3, -0.25) is 4.79 Å². The van der Waals surface area contributed by atoms with Crippen molar-refractivity contribution in [1.29, 1.82) is 0 Å². The zero-order valence-corrected chi connectivity index (χ0v) is 13.3. The Labute approximate surface area is 128 Å². The van der Waals surface area contributed by atoms with Gasteiger partial charge < -0.3 is 5.32 Å². The fourth-order valence-electron chi connectivity index (χ4n) is 1.75. The van der Waals surface area contributed by atoms with Crippen LogP contribution in [0.4, 0.5) is 0 Å².